The lowest BCUT2D eigenvalue weighted by Crippen LogP contribution is -2.21. The number of hydrogen-bond donors (Lipinski definition) is 2. The summed E-state index contributed by atoms with van der Waals surface area (Å²) in [5.74, 6) is -1.49. The number of carbonyl (C=O) groups excluding carboxylic acids is 3. The van der Waals surface area contributed by atoms with E-state index in [-0.39, 0.29) is 5.69 Å². The summed E-state index contributed by atoms with van der Waals surface area (Å²) in [6.45, 7) is 1.87. The largest absolute Gasteiger partial charge is 0.462 e. The summed E-state index contributed by atoms with van der Waals surface area (Å²) in [5, 5.41) is 2.57. The number of esters is 2. The van der Waals surface area contributed by atoms with Crippen LogP contribution in [0.15, 0.2) is 42.6 Å². The predicted molar refractivity (Wildman–Crippen MR) is 86.7 cm³/mol. The van der Waals surface area contributed by atoms with Crippen molar-refractivity contribution in [2.24, 2.45) is 0 Å². The fourth-order valence-electron chi connectivity index (χ4n) is 1.83. The van der Waals surface area contributed by atoms with E-state index in [1.165, 1.54) is 0 Å². The van der Waals surface area contributed by atoms with Gasteiger partial charge in [-0.15, -0.1) is 0 Å². The third kappa shape index (κ3) is 4.98. The Bertz CT molecular complexity index is 692. The van der Waals surface area contributed by atoms with Crippen LogP contribution in [0.25, 0.3) is 0 Å². The van der Waals surface area contributed by atoms with Crippen molar-refractivity contribution in [1.82, 2.24) is 4.98 Å². The number of amides is 1. The highest BCUT2D eigenvalue weighted by atomic mass is 16.5. The smallest absolute Gasteiger partial charge is 0.355 e. The number of aromatic amines is 1. The average Bonchev–Trinajstić information content (AvgIpc) is 3.13. The molecule has 126 valence electrons. The third-order valence-corrected chi connectivity index (χ3v) is 2.99. The molecule has 7 heteroatoms. The molecule has 1 aromatic carbocycles. The maximum Gasteiger partial charge on any atom is 0.355 e. The van der Waals surface area contributed by atoms with Crippen molar-refractivity contribution in [3.8, 4) is 0 Å². The SMILES string of the molecule is CCCOC(=O)c1ccc(NC(=O)COC(=O)c2ccc[nH]2)cc1. The van der Waals surface area contributed by atoms with Crippen molar-refractivity contribution in [3.05, 3.63) is 53.9 Å². The summed E-state index contributed by atoms with van der Waals surface area (Å²) in [7, 11) is 0. The zero-order chi connectivity index (χ0) is 17.4. The van der Waals surface area contributed by atoms with Gasteiger partial charge in [0, 0.05) is 11.9 Å². The molecule has 0 aliphatic heterocycles. The molecule has 0 fully saturated rings. The van der Waals surface area contributed by atoms with Crippen molar-refractivity contribution in [2.45, 2.75) is 13.3 Å². The highest BCUT2D eigenvalue weighted by Gasteiger charge is 2.11. The number of ether oxygens (including phenoxy) is 2. The number of nitrogens with one attached hydrogen (secondary N) is 2. The first-order chi connectivity index (χ1) is 11.6. The van der Waals surface area contributed by atoms with E-state index >= 15 is 0 Å². The van der Waals surface area contributed by atoms with Gasteiger partial charge >= 0.3 is 11.9 Å². The summed E-state index contributed by atoms with van der Waals surface area (Å²) in [5.41, 5.74) is 1.17. The predicted octanol–water partition coefficient (Wildman–Crippen LogP) is 2.38. The summed E-state index contributed by atoms with van der Waals surface area (Å²) in [6.07, 6.45) is 2.34. The Morgan fingerprint density at radius 1 is 1.04 bits per heavy atom. The number of rotatable bonds is 7. The van der Waals surface area contributed by atoms with Crippen molar-refractivity contribution in [2.75, 3.05) is 18.5 Å². The van der Waals surface area contributed by atoms with Crippen molar-refractivity contribution in [3.63, 3.8) is 0 Å². The molecule has 2 rings (SSSR count). The Balaban J connectivity index is 1.81. The van der Waals surface area contributed by atoms with Gasteiger partial charge in [-0.05, 0) is 42.8 Å². The molecule has 1 amide bonds. The fourth-order valence-corrected chi connectivity index (χ4v) is 1.83. The molecule has 0 radical (unpaired) electrons. The maximum absolute atomic E-state index is 11.8. The van der Waals surface area contributed by atoms with Gasteiger partial charge in [-0.25, -0.2) is 9.59 Å². The molecular weight excluding hydrogens is 312 g/mol. The highest BCUT2D eigenvalue weighted by Crippen LogP contribution is 2.11. The molecule has 0 spiro atoms. The minimum atomic E-state index is -0.607. The van der Waals surface area contributed by atoms with E-state index in [9.17, 15) is 14.4 Å². The van der Waals surface area contributed by atoms with E-state index in [0.29, 0.717) is 17.9 Å². The number of carbonyl (C=O) groups is 3. The number of aromatic nitrogens is 1. The van der Waals surface area contributed by atoms with Crippen LogP contribution in [0.2, 0.25) is 0 Å². The molecule has 0 saturated heterocycles. The fraction of sp³-hybridized carbons (Fsp3) is 0.235. The van der Waals surface area contributed by atoms with Gasteiger partial charge in [0.2, 0.25) is 0 Å². The molecule has 24 heavy (non-hydrogen) atoms. The maximum atomic E-state index is 11.8. The molecule has 1 aromatic heterocycles. The van der Waals surface area contributed by atoms with E-state index in [1.807, 2.05) is 6.92 Å². The van der Waals surface area contributed by atoms with Crippen LogP contribution in [0.3, 0.4) is 0 Å². The molecule has 2 aromatic rings. The van der Waals surface area contributed by atoms with E-state index in [4.69, 9.17) is 9.47 Å². The van der Waals surface area contributed by atoms with Crippen LogP contribution in [0.4, 0.5) is 5.69 Å². The van der Waals surface area contributed by atoms with Crippen LogP contribution >= 0.6 is 0 Å². The molecule has 0 atom stereocenters. The molecule has 0 bridgehead atoms. The zero-order valence-corrected chi connectivity index (χ0v) is 13.2. The Kier molecular flexibility index (Phi) is 6.13. The van der Waals surface area contributed by atoms with Crippen molar-refractivity contribution >= 4 is 23.5 Å². The molecule has 0 saturated carbocycles. The van der Waals surface area contributed by atoms with Gasteiger partial charge in [0.15, 0.2) is 6.61 Å². The molecule has 1 heterocycles. The van der Waals surface area contributed by atoms with Crippen LogP contribution in [0.5, 0.6) is 0 Å². The summed E-state index contributed by atoms with van der Waals surface area (Å²) in [6, 6.07) is 9.47. The number of H-pyrrole nitrogens is 1. The minimum Gasteiger partial charge on any atom is -0.462 e. The molecular formula is C17H18N2O5. The lowest BCUT2D eigenvalue weighted by atomic mass is 10.2. The van der Waals surface area contributed by atoms with Gasteiger partial charge in [-0.1, -0.05) is 6.92 Å². The molecule has 2 N–H and O–H groups in total. The first-order valence-corrected chi connectivity index (χ1v) is 7.47. The van der Waals surface area contributed by atoms with E-state index in [1.54, 1.807) is 42.6 Å². The second-order valence-corrected chi connectivity index (χ2v) is 4.92. The monoisotopic (exact) mass is 330 g/mol. The Morgan fingerprint density at radius 2 is 1.79 bits per heavy atom. The van der Waals surface area contributed by atoms with Gasteiger partial charge in [0.05, 0.1) is 12.2 Å². The van der Waals surface area contributed by atoms with Crippen LogP contribution < -0.4 is 5.32 Å². The molecule has 0 unspecified atom stereocenters. The second kappa shape index (κ2) is 8.52. The van der Waals surface area contributed by atoms with Crippen molar-refractivity contribution in [1.29, 1.82) is 0 Å². The van der Waals surface area contributed by atoms with Crippen molar-refractivity contribution < 1.29 is 23.9 Å². The lowest BCUT2D eigenvalue weighted by molar-refractivity contribution is -0.119. The molecule has 0 aliphatic carbocycles. The van der Waals surface area contributed by atoms with Gasteiger partial charge in [0.1, 0.15) is 5.69 Å². The number of benzene rings is 1. The van der Waals surface area contributed by atoms with Gasteiger partial charge < -0.3 is 19.8 Å². The topological polar surface area (TPSA) is 97.5 Å². The van der Waals surface area contributed by atoms with Gasteiger partial charge in [0.25, 0.3) is 5.91 Å². The van der Waals surface area contributed by atoms with E-state index < -0.39 is 24.5 Å². The van der Waals surface area contributed by atoms with Gasteiger partial charge in [-0.2, -0.15) is 0 Å². The summed E-state index contributed by atoms with van der Waals surface area (Å²) in [4.78, 5) is 37.7. The second-order valence-electron chi connectivity index (χ2n) is 4.92. The Hall–Kier alpha value is -3.09. The van der Waals surface area contributed by atoms with Gasteiger partial charge in [-0.3, -0.25) is 4.79 Å². The highest BCUT2D eigenvalue weighted by molar-refractivity contribution is 5.95. The Morgan fingerprint density at radius 3 is 2.42 bits per heavy atom. The zero-order valence-electron chi connectivity index (χ0n) is 13.2. The third-order valence-electron chi connectivity index (χ3n) is 2.99. The minimum absolute atomic E-state index is 0.276. The first-order valence-electron chi connectivity index (χ1n) is 7.47. The average molecular weight is 330 g/mol. The first kappa shape index (κ1) is 17.3. The molecule has 7 nitrogen and oxygen atoms in total. The van der Waals surface area contributed by atoms with E-state index in [0.717, 1.165) is 6.42 Å². The number of anilines is 1. The van der Waals surface area contributed by atoms with Crippen LogP contribution in [0, 0.1) is 0 Å². The lowest BCUT2D eigenvalue weighted by Gasteiger charge is -2.07. The normalized spacial score (nSPS) is 10.0. The van der Waals surface area contributed by atoms with Crippen LogP contribution in [-0.2, 0) is 14.3 Å². The Labute approximate surface area is 139 Å². The number of hydrogen-bond acceptors (Lipinski definition) is 5. The quantitative estimate of drug-likeness (QED) is 0.760. The van der Waals surface area contributed by atoms with Crippen LogP contribution in [0.1, 0.15) is 34.2 Å². The standard InChI is InChI=1S/C17H18N2O5/c1-2-10-23-16(21)12-5-7-13(8-6-12)19-15(20)11-24-17(22)14-4-3-9-18-14/h3-9,18H,2,10-11H2,1H3,(H,19,20). The van der Waals surface area contributed by atoms with E-state index in [2.05, 4.69) is 10.3 Å². The summed E-state index contributed by atoms with van der Waals surface area (Å²) >= 11 is 0. The summed E-state index contributed by atoms with van der Waals surface area (Å²) < 4.78 is 9.88. The molecule has 0 aliphatic rings. The van der Waals surface area contributed by atoms with Crippen LogP contribution in [-0.4, -0.2) is 36.0 Å².